The number of anilines is 1. The van der Waals surface area contributed by atoms with Crippen LogP contribution in [0.2, 0.25) is 5.02 Å². The summed E-state index contributed by atoms with van der Waals surface area (Å²) in [6.07, 6.45) is 0. The molecule has 126 valence electrons. The summed E-state index contributed by atoms with van der Waals surface area (Å²) in [5.74, 6) is 0.000614. The van der Waals surface area contributed by atoms with Crippen LogP contribution in [0.3, 0.4) is 0 Å². The number of carbonyl (C=O) groups is 2. The summed E-state index contributed by atoms with van der Waals surface area (Å²) in [7, 11) is 1.55. The summed E-state index contributed by atoms with van der Waals surface area (Å²) in [4.78, 5) is 24.6. The number of carbonyl (C=O) groups excluding carboxylic acids is 2. The number of methoxy groups -OCH3 is 1. The van der Waals surface area contributed by atoms with Gasteiger partial charge in [-0.25, -0.2) is 0 Å². The third kappa shape index (κ3) is 4.06. The molecule has 0 aromatic heterocycles. The predicted molar refractivity (Wildman–Crippen MR) is 95.1 cm³/mol. The zero-order chi connectivity index (χ0) is 17.7. The molecule has 5 nitrogen and oxygen atoms in total. The van der Waals surface area contributed by atoms with Gasteiger partial charge in [0, 0.05) is 17.1 Å². The van der Waals surface area contributed by atoms with Crippen LogP contribution in [-0.4, -0.2) is 25.5 Å². The fraction of sp³-hybridized carbons (Fsp3) is 0.222. The smallest absolute Gasteiger partial charge is 0.255 e. The Morgan fingerprint density at radius 3 is 2.54 bits per heavy atom. The SMILES string of the molecule is CCNC(=O)c1cc(Cl)ccc1NC(=O)c1ccc(C)c(OC)c1. The Hall–Kier alpha value is -2.53. The molecule has 24 heavy (non-hydrogen) atoms. The number of nitrogens with one attached hydrogen (secondary N) is 2. The van der Waals surface area contributed by atoms with Crippen molar-refractivity contribution >= 4 is 29.1 Å². The van der Waals surface area contributed by atoms with Gasteiger partial charge in [0.1, 0.15) is 5.75 Å². The highest BCUT2D eigenvalue weighted by atomic mass is 35.5. The molecule has 2 N–H and O–H groups in total. The second-order valence-corrected chi connectivity index (χ2v) is 5.62. The van der Waals surface area contributed by atoms with Gasteiger partial charge in [-0.1, -0.05) is 17.7 Å². The molecule has 0 unspecified atom stereocenters. The van der Waals surface area contributed by atoms with E-state index in [0.717, 1.165) is 5.56 Å². The van der Waals surface area contributed by atoms with Crippen molar-refractivity contribution in [1.82, 2.24) is 5.32 Å². The average Bonchev–Trinajstić information content (AvgIpc) is 2.57. The molecule has 0 fully saturated rings. The van der Waals surface area contributed by atoms with Crippen LogP contribution >= 0.6 is 11.6 Å². The molecule has 0 atom stereocenters. The van der Waals surface area contributed by atoms with E-state index >= 15 is 0 Å². The van der Waals surface area contributed by atoms with Gasteiger partial charge in [-0.2, -0.15) is 0 Å². The second-order valence-electron chi connectivity index (χ2n) is 5.19. The molecule has 2 amide bonds. The highest BCUT2D eigenvalue weighted by Crippen LogP contribution is 2.23. The van der Waals surface area contributed by atoms with E-state index in [2.05, 4.69) is 10.6 Å². The number of aryl methyl sites for hydroxylation is 1. The average molecular weight is 347 g/mol. The van der Waals surface area contributed by atoms with Gasteiger partial charge in [0.05, 0.1) is 18.4 Å². The minimum Gasteiger partial charge on any atom is -0.496 e. The number of amides is 2. The van der Waals surface area contributed by atoms with Crippen LogP contribution in [0.5, 0.6) is 5.75 Å². The lowest BCUT2D eigenvalue weighted by molar-refractivity contribution is 0.0956. The van der Waals surface area contributed by atoms with E-state index in [1.807, 2.05) is 13.8 Å². The Morgan fingerprint density at radius 2 is 1.88 bits per heavy atom. The fourth-order valence-electron chi connectivity index (χ4n) is 2.22. The van der Waals surface area contributed by atoms with Crippen molar-refractivity contribution < 1.29 is 14.3 Å². The number of rotatable bonds is 5. The minimum atomic E-state index is -0.332. The predicted octanol–water partition coefficient (Wildman–Crippen LogP) is 3.66. The first-order valence-electron chi connectivity index (χ1n) is 7.50. The fourth-order valence-corrected chi connectivity index (χ4v) is 2.40. The van der Waals surface area contributed by atoms with Crippen molar-refractivity contribution in [3.05, 3.63) is 58.1 Å². The number of hydrogen-bond donors (Lipinski definition) is 2. The van der Waals surface area contributed by atoms with Crippen LogP contribution in [0.15, 0.2) is 36.4 Å². The van der Waals surface area contributed by atoms with Crippen LogP contribution in [0, 0.1) is 6.92 Å². The molecule has 0 bridgehead atoms. The van der Waals surface area contributed by atoms with Gasteiger partial charge in [-0.15, -0.1) is 0 Å². The minimum absolute atomic E-state index is 0.295. The van der Waals surface area contributed by atoms with Gasteiger partial charge in [0.25, 0.3) is 11.8 Å². The van der Waals surface area contributed by atoms with Gasteiger partial charge in [-0.3, -0.25) is 9.59 Å². The Labute approximate surface area is 146 Å². The summed E-state index contributed by atoms with van der Waals surface area (Å²) < 4.78 is 5.23. The molecule has 0 aliphatic heterocycles. The number of ether oxygens (including phenoxy) is 1. The molecule has 0 saturated heterocycles. The lowest BCUT2D eigenvalue weighted by Gasteiger charge is -2.12. The molecular weight excluding hydrogens is 328 g/mol. The highest BCUT2D eigenvalue weighted by Gasteiger charge is 2.15. The van der Waals surface area contributed by atoms with Gasteiger partial charge >= 0.3 is 0 Å². The first-order chi connectivity index (χ1) is 11.5. The zero-order valence-corrected chi connectivity index (χ0v) is 14.5. The molecule has 2 aromatic carbocycles. The normalized spacial score (nSPS) is 10.2. The summed E-state index contributed by atoms with van der Waals surface area (Å²) in [6, 6.07) is 9.92. The monoisotopic (exact) mass is 346 g/mol. The lowest BCUT2D eigenvalue weighted by Crippen LogP contribution is -2.24. The highest BCUT2D eigenvalue weighted by molar-refractivity contribution is 6.31. The molecule has 0 radical (unpaired) electrons. The van der Waals surface area contributed by atoms with E-state index in [0.29, 0.717) is 34.1 Å². The van der Waals surface area contributed by atoms with Gasteiger partial charge < -0.3 is 15.4 Å². The first-order valence-corrected chi connectivity index (χ1v) is 7.87. The first kappa shape index (κ1) is 17.8. The molecule has 0 spiro atoms. The molecule has 0 aliphatic carbocycles. The van der Waals surface area contributed by atoms with Crippen molar-refractivity contribution in [1.29, 1.82) is 0 Å². The molecular formula is C18H19ClN2O3. The summed E-state index contributed by atoms with van der Waals surface area (Å²) in [5, 5.41) is 5.87. The summed E-state index contributed by atoms with van der Waals surface area (Å²) >= 11 is 5.96. The van der Waals surface area contributed by atoms with Crippen molar-refractivity contribution in [3.8, 4) is 5.75 Å². The lowest BCUT2D eigenvalue weighted by atomic mass is 10.1. The van der Waals surface area contributed by atoms with Gasteiger partial charge in [0.2, 0.25) is 0 Å². The summed E-state index contributed by atoms with van der Waals surface area (Å²) in [5.41, 5.74) is 2.09. The van der Waals surface area contributed by atoms with E-state index < -0.39 is 0 Å². The standard InChI is InChI=1S/C18H19ClN2O3/c1-4-20-18(23)14-10-13(19)7-8-15(14)21-17(22)12-6-5-11(2)16(9-12)24-3/h5-10H,4H2,1-3H3,(H,20,23)(H,21,22). The van der Waals surface area contributed by atoms with Crippen molar-refractivity contribution in [2.24, 2.45) is 0 Å². The number of halogens is 1. The van der Waals surface area contributed by atoms with Crippen molar-refractivity contribution in [3.63, 3.8) is 0 Å². The maximum absolute atomic E-state index is 12.5. The second kappa shape index (κ2) is 7.84. The van der Waals surface area contributed by atoms with Crippen molar-refractivity contribution in [2.75, 3.05) is 19.0 Å². The molecule has 0 heterocycles. The Kier molecular flexibility index (Phi) is 5.82. The Balaban J connectivity index is 2.30. The van der Waals surface area contributed by atoms with Crippen LogP contribution in [0.4, 0.5) is 5.69 Å². The van der Waals surface area contributed by atoms with E-state index in [-0.39, 0.29) is 11.8 Å². The maximum atomic E-state index is 12.5. The maximum Gasteiger partial charge on any atom is 0.255 e. The van der Waals surface area contributed by atoms with E-state index in [9.17, 15) is 9.59 Å². The van der Waals surface area contributed by atoms with Crippen molar-refractivity contribution in [2.45, 2.75) is 13.8 Å². The molecule has 0 aliphatic rings. The van der Waals surface area contributed by atoms with Crippen LogP contribution in [0.1, 0.15) is 33.2 Å². The third-order valence-corrected chi connectivity index (χ3v) is 3.72. The summed E-state index contributed by atoms with van der Waals surface area (Å²) in [6.45, 7) is 4.19. The quantitative estimate of drug-likeness (QED) is 0.868. The topological polar surface area (TPSA) is 67.4 Å². The number of benzene rings is 2. The zero-order valence-electron chi connectivity index (χ0n) is 13.8. The number of hydrogen-bond acceptors (Lipinski definition) is 3. The van der Waals surface area contributed by atoms with E-state index in [1.54, 1.807) is 37.4 Å². The van der Waals surface area contributed by atoms with Gasteiger partial charge in [-0.05, 0) is 49.7 Å². The molecule has 2 rings (SSSR count). The van der Waals surface area contributed by atoms with Gasteiger partial charge in [0.15, 0.2) is 0 Å². The molecule has 0 saturated carbocycles. The Bertz CT molecular complexity index is 775. The Morgan fingerprint density at radius 1 is 1.12 bits per heavy atom. The van der Waals surface area contributed by atoms with Crippen LogP contribution in [-0.2, 0) is 0 Å². The van der Waals surface area contributed by atoms with Crippen LogP contribution < -0.4 is 15.4 Å². The van der Waals surface area contributed by atoms with E-state index in [4.69, 9.17) is 16.3 Å². The van der Waals surface area contributed by atoms with E-state index in [1.165, 1.54) is 6.07 Å². The third-order valence-electron chi connectivity index (χ3n) is 3.48. The largest absolute Gasteiger partial charge is 0.496 e. The molecule has 2 aromatic rings. The van der Waals surface area contributed by atoms with Crippen LogP contribution in [0.25, 0.3) is 0 Å². The molecule has 6 heteroatoms.